The van der Waals surface area contributed by atoms with Gasteiger partial charge in [-0.15, -0.1) is 0 Å². The number of rotatable bonds is 6. The van der Waals surface area contributed by atoms with E-state index in [0.717, 1.165) is 5.56 Å². The lowest BCUT2D eigenvalue weighted by Gasteiger charge is -2.33. The molecule has 0 aliphatic carbocycles. The molecule has 1 rings (SSSR count). The van der Waals surface area contributed by atoms with Gasteiger partial charge in [-0.05, 0) is 30.5 Å². The van der Waals surface area contributed by atoms with E-state index in [1.54, 1.807) is 18.2 Å². The fourth-order valence-electron chi connectivity index (χ4n) is 2.52. The molecule has 0 fully saturated rings. The Balaban J connectivity index is 2.58. The van der Waals surface area contributed by atoms with Gasteiger partial charge >= 0.3 is 6.03 Å². The second-order valence-electron chi connectivity index (χ2n) is 6.96. The minimum absolute atomic E-state index is 0.127. The molecule has 1 aromatic carbocycles. The molecule has 0 aromatic heterocycles. The van der Waals surface area contributed by atoms with Gasteiger partial charge < -0.3 is 15.7 Å². The first kappa shape index (κ1) is 19.0. The molecule has 0 aliphatic rings. The van der Waals surface area contributed by atoms with Crippen molar-refractivity contribution in [2.24, 2.45) is 11.3 Å². The Kier molecular flexibility index (Phi) is 6.59. The average molecular weight is 317 g/mol. The van der Waals surface area contributed by atoms with Crippen molar-refractivity contribution in [3.05, 3.63) is 35.4 Å². The van der Waals surface area contributed by atoms with Crippen LogP contribution in [-0.2, 0) is 0 Å². The van der Waals surface area contributed by atoms with Crippen molar-refractivity contribution in [3.63, 3.8) is 0 Å². The van der Waals surface area contributed by atoms with Crippen LogP contribution in [-0.4, -0.2) is 23.8 Å². The van der Waals surface area contributed by atoms with Crippen LogP contribution in [0, 0.1) is 22.7 Å². The zero-order valence-electron chi connectivity index (χ0n) is 14.6. The molecule has 5 heteroatoms. The highest BCUT2D eigenvalue weighted by atomic mass is 16.3. The molecular weight excluding hydrogens is 290 g/mol. The number of carbonyl (C=O) groups excluding carboxylic acids is 1. The summed E-state index contributed by atoms with van der Waals surface area (Å²) in [5.41, 5.74) is 1.04. The number of carbonyl (C=O) groups is 1. The summed E-state index contributed by atoms with van der Waals surface area (Å²) in [6.07, 6.45) is -0.493. The maximum absolute atomic E-state index is 12.1. The van der Waals surface area contributed by atoms with Crippen LogP contribution in [0.1, 0.15) is 51.8 Å². The van der Waals surface area contributed by atoms with E-state index in [4.69, 9.17) is 5.26 Å². The molecule has 0 aliphatic heterocycles. The first-order valence-electron chi connectivity index (χ1n) is 7.90. The van der Waals surface area contributed by atoms with Crippen LogP contribution < -0.4 is 10.6 Å². The van der Waals surface area contributed by atoms with E-state index in [1.165, 1.54) is 0 Å². The maximum atomic E-state index is 12.1. The summed E-state index contributed by atoms with van der Waals surface area (Å²) in [5.74, 6) is 0.127. The fourth-order valence-corrected chi connectivity index (χ4v) is 2.52. The highest BCUT2D eigenvalue weighted by Gasteiger charge is 2.30. The zero-order valence-corrected chi connectivity index (χ0v) is 14.6. The van der Waals surface area contributed by atoms with Crippen LogP contribution in [0.15, 0.2) is 24.3 Å². The third-order valence-electron chi connectivity index (χ3n) is 4.00. The van der Waals surface area contributed by atoms with Gasteiger partial charge in [-0.2, -0.15) is 5.26 Å². The number of aliphatic hydroxyl groups excluding tert-OH is 1. The third kappa shape index (κ3) is 5.57. The van der Waals surface area contributed by atoms with Gasteiger partial charge in [-0.1, -0.05) is 39.8 Å². The van der Waals surface area contributed by atoms with E-state index in [-0.39, 0.29) is 18.0 Å². The van der Waals surface area contributed by atoms with Crippen LogP contribution in [0.2, 0.25) is 0 Å². The Morgan fingerprint density at radius 1 is 1.35 bits per heavy atom. The van der Waals surface area contributed by atoms with E-state index < -0.39 is 11.5 Å². The fraction of sp³-hybridized carbons (Fsp3) is 0.556. The van der Waals surface area contributed by atoms with Gasteiger partial charge in [0.25, 0.3) is 0 Å². The number of hydrogen-bond donors (Lipinski definition) is 3. The van der Waals surface area contributed by atoms with E-state index >= 15 is 0 Å². The van der Waals surface area contributed by atoms with Crippen molar-refractivity contribution in [1.82, 2.24) is 10.6 Å². The number of amides is 2. The Bertz CT molecular complexity index is 576. The van der Waals surface area contributed by atoms with Gasteiger partial charge in [-0.25, -0.2) is 4.79 Å². The Hall–Kier alpha value is -2.06. The Labute approximate surface area is 138 Å². The van der Waals surface area contributed by atoms with E-state index in [2.05, 4.69) is 16.7 Å². The SMILES string of the molecule is CC(C)[C@@H](O)C(C)(C)CNC(=O)N[C@@H](C)c1cccc(C#N)c1. The molecule has 2 atom stereocenters. The monoisotopic (exact) mass is 317 g/mol. The number of nitrogens with zero attached hydrogens (tertiary/aromatic N) is 1. The minimum Gasteiger partial charge on any atom is -0.392 e. The van der Waals surface area contributed by atoms with E-state index in [1.807, 2.05) is 40.7 Å². The molecular formula is C18H27N3O2. The quantitative estimate of drug-likeness (QED) is 0.754. The predicted octanol–water partition coefficient (Wildman–Crippen LogP) is 2.96. The molecule has 0 unspecified atom stereocenters. The van der Waals surface area contributed by atoms with Crippen molar-refractivity contribution in [2.75, 3.05) is 6.54 Å². The predicted molar refractivity (Wildman–Crippen MR) is 90.7 cm³/mol. The molecule has 3 N–H and O–H groups in total. The lowest BCUT2D eigenvalue weighted by atomic mass is 9.81. The summed E-state index contributed by atoms with van der Waals surface area (Å²) in [6.45, 7) is 10.0. The van der Waals surface area contributed by atoms with Gasteiger partial charge in [0.1, 0.15) is 0 Å². The lowest BCUT2D eigenvalue weighted by Crippen LogP contribution is -2.46. The standard InChI is InChI=1S/C18H27N3O2/c1-12(2)16(22)18(4,5)11-20-17(23)21-13(3)15-8-6-7-14(9-15)10-19/h6-9,12-13,16,22H,11H2,1-5H3,(H2,20,21,23)/t13-,16+/m0/s1. The first-order chi connectivity index (χ1) is 10.7. The van der Waals surface area contributed by atoms with Crippen molar-refractivity contribution in [2.45, 2.75) is 46.8 Å². The summed E-state index contributed by atoms with van der Waals surface area (Å²) in [7, 11) is 0. The summed E-state index contributed by atoms with van der Waals surface area (Å²) in [4.78, 5) is 12.1. The van der Waals surface area contributed by atoms with Gasteiger partial charge in [0, 0.05) is 12.0 Å². The largest absolute Gasteiger partial charge is 0.392 e. The van der Waals surface area contributed by atoms with Gasteiger partial charge in [0.2, 0.25) is 0 Å². The maximum Gasteiger partial charge on any atom is 0.315 e. The summed E-state index contributed by atoms with van der Waals surface area (Å²) >= 11 is 0. The molecule has 0 saturated carbocycles. The molecule has 23 heavy (non-hydrogen) atoms. The summed E-state index contributed by atoms with van der Waals surface area (Å²) in [6, 6.07) is 8.75. The van der Waals surface area contributed by atoms with Crippen molar-refractivity contribution < 1.29 is 9.90 Å². The number of nitrogens with one attached hydrogen (secondary N) is 2. The Morgan fingerprint density at radius 3 is 2.57 bits per heavy atom. The summed E-state index contributed by atoms with van der Waals surface area (Å²) in [5, 5.41) is 24.8. The molecule has 0 spiro atoms. The zero-order chi connectivity index (χ0) is 17.6. The Morgan fingerprint density at radius 2 is 2.00 bits per heavy atom. The van der Waals surface area contributed by atoms with Crippen LogP contribution >= 0.6 is 0 Å². The van der Waals surface area contributed by atoms with Gasteiger partial charge in [-0.3, -0.25) is 0 Å². The van der Waals surface area contributed by atoms with Crippen LogP contribution in [0.3, 0.4) is 0 Å². The van der Waals surface area contributed by atoms with Crippen LogP contribution in [0.4, 0.5) is 4.79 Å². The molecule has 5 nitrogen and oxygen atoms in total. The van der Waals surface area contributed by atoms with E-state index in [0.29, 0.717) is 12.1 Å². The van der Waals surface area contributed by atoms with Crippen molar-refractivity contribution in [1.29, 1.82) is 5.26 Å². The number of nitriles is 1. The third-order valence-corrected chi connectivity index (χ3v) is 4.00. The highest BCUT2D eigenvalue weighted by Crippen LogP contribution is 2.25. The smallest absolute Gasteiger partial charge is 0.315 e. The normalized spacial score (nSPS) is 14.0. The minimum atomic E-state index is -0.493. The molecule has 0 radical (unpaired) electrons. The molecule has 126 valence electrons. The molecule has 1 aromatic rings. The molecule has 0 saturated heterocycles. The average Bonchev–Trinajstić information content (AvgIpc) is 2.52. The first-order valence-corrected chi connectivity index (χ1v) is 7.90. The van der Waals surface area contributed by atoms with Crippen LogP contribution in [0.25, 0.3) is 0 Å². The second kappa shape index (κ2) is 7.98. The number of aliphatic hydroxyl groups is 1. The van der Waals surface area contributed by atoms with Gasteiger partial charge in [0.15, 0.2) is 0 Å². The summed E-state index contributed by atoms with van der Waals surface area (Å²) < 4.78 is 0. The number of benzene rings is 1. The van der Waals surface area contributed by atoms with Crippen LogP contribution in [0.5, 0.6) is 0 Å². The highest BCUT2D eigenvalue weighted by molar-refractivity contribution is 5.74. The number of hydrogen-bond acceptors (Lipinski definition) is 3. The number of urea groups is 1. The molecule has 2 amide bonds. The second-order valence-corrected chi connectivity index (χ2v) is 6.96. The van der Waals surface area contributed by atoms with Gasteiger partial charge in [0.05, 0.1) is 23.8 Å². The van der Waals surface area contributed by atoms with E-state index in [9.17, 15) is 9.90 Å². The molecule has 0 bridgehead atoms. The topological polar surface area (TPSA) is 85.2 Å². The van der Waals surface area contributed by atoms with Crippen molar-refractivity contribution in [3.8, 4) is 6.07 Å². The lowest BCUT2D eigenvalue weighted by molar-refractivity contribution is 0.0151. The van der Waals surface area contributed by atoms with Crippen molar-refractivity contribution >= 4 is 6.03 Å². The molecule has 0 heterocycles.